The van der Waals surface area contributed by atoms with Crippen molar-refractivity contribution in [3.63, 3.8) is 0 Å². The van der Waals surface area contributed by atoms with E-state index in [0.717, 1.165) is 25.3 Å². The Bertz CT molecular complexity index is 325. The van der Waals surface area contributed by atoms with Crippen molar-refractivity contribution in [1.82, 2.24) is 5.32 Å². The van der Waals surface area contributed by atoms with E-state index in [0.29, 0.717) is 6.04 Å². The fourth-order valence-corrected chi connectivity index (χ4v) is 1.82. The number of hydrogen-bond acceptors (Lipinski definition) is 2. The highest BCUT2D eigenvalue weighted by Gasteiger charge is 2.05. The van der Waals surface area contributed by atoms with Crippen molar-refractivity contribution in [1.29, 1.82) is 0 Å². The molecule has 0 aliphatic rings. The maximum Gasteiger partial charge on any atom is 0.119 e. The fraction of sp³-hybridized carbons (Fsp3) is 0.625. The Morgan fingerprint density at radius 2 is 1.94 bits per heavy atom. The minimum Gasteiger partial charge on any atom is -0.494 e. The van der Waals surface area contributed by atoms with Gasteiger partial charge in [-0.25, -0.2) is 0 Å². The van der Waals surface area contributed by atoms with Gasteiger partial charge in [-0.3, -0.25) is 0 Å². The molecule has 1 N–H and O–H groups in total. The van der Waals surface area contributed by atoms with Crippen LogP contribution in [0.2, 0.25) is 0 Å². The quantitative estimate of drug-likeness (QED) is 0.658. The van der Waals surface area contributed by atoms with Crippen LogP contribution in [0.5, 0.6) is 5.75 Å². The molecule has 0 saturated carbocycles. The van der Waals surface area contributed by atoms with Gasteiger partial charge >= 0.3 is 0 Å². The first-order valence-electron chi connectivity index (χ1n) is 7.24. The van der Waals surface area contributed by atoms with E-state index in [2.05, 4.69) is 44.3 Å². The van der Waals surface area contributed by atoms with Gasteiger partial charge in [0.15, 0.2) is 0 Å². The van der Waals surface area contributed by atoms with Gasteiger partial charge in [-0.05, 0) is 44.0 Å². The molecular weight excluding hydrogens is 222 g/mol. The average Bonchev–Trinajstić information content (AvgIpc) is 2.39. The van der Waals surface area contributed by atoms with Crippen molar-refractivity contribution in [2.75, 3.05) is 13.2 Å². The molecule has 0 radical (unpaired) electrons. The molecule has 0 heterocycles. The first kappa shape index (κ1) is 15.0. The molecule has 0 fully saturated rings. The molecule has 2 heteroatoms. The van der Waals surface area contributed by atoms with Crippen LogP contribution in [-0.4, -0.2) is 13.2 Å². The normalized spacial score (nSPS) is 12.4. The molecule has 18 heavy (non-hydrogen) atoms. The average molecular weight is 249 g/mol. The van der Waals surface area contributed by atoms with Crippen LogP contribution in [0.25, 0.3) is 0 Å². The zero-order valence-corrected chi connectivity index (χ0v) is 12.0. The van der Waals surface area contributed by atoms with E-state index in [9.17, 15) is 0 Å². The summed E-state index contributed by atoms with van der Waals surface area (Å²) in [4.78, 5) is 0. The van der Waals surface area contributed by atoms with Crippen LogP contribution in [0.15, 0.2) is 24.3 Å². The van der Waals surface area contributed by atoms with Crippen LogP contribution in [0.3, 0.4) is 0 Å². The van der Waals surface area contributed by atoms with Gasteiger partial charge in [-0.2, -0.15) is 0 Å². The molecule has 1 aromatic rings. The Labute approximate surface area is 112 Å². The summed E-state index contributed by atoms with van der Waals surface area (Å²) in [5.41, 5.74) is 1.31. The second-order valence-corrected chi connectivity index (χ2v) is 4.80. The largest absolute Gasteiger partial charge is 0.494 e. The second-order valence-electron chi connectivity index (χ2n) is 4.80. The molecule has 0 spiro atoms. The van der Waals surface area contributed by atoms with Crippen LogP contribution in [-0.2, 0) is 0 Å². The number of rotatable bonds is 9. The van der Waals surface area contributed by atoms with Gasteiger partial charge < -0.3 is 10.1 Å². The highest BCUT2D eigenvalue weighted by molar-refractivity contribution is 5.30. The van der Waals surface area contributed by atoms with Crippen molar-refractivity contribution in [2.24, 2.45) is 0 Å². The minimum absolute atomic E-state index is 0.395. The van der Waals surface area contributed by atoms with E-state index in [1.54, 1.807) is 0 Å². The summed E-state index contributed by atoms with van der Waals surface area (Å²) in [5, 5.41) is 3.54. The van der Waals surface area contributed by atoms with Crippen LogP contribution >= 0.6 is 0 Å². The van der Waals surface area contributed by atoms with Crippen LogP contribution in [0, 0.1) is 0 Å². The van der Waals surface area contributed by atoms with E-state index in [-0.39, 0.29) is 0 Å². The number of ether oxygens (including phenoxy) is 1. The number of unbranched alkanes of at least 4 members (excludes halogenated alkanes) is 2. The SMILES string of the molecule is CCCCNC(C)c1cccc(OCCCC)c1. The molecule has 0 aliphatic heterocycles. The first-order chi connectivity index (χ1) is 8.77. The standard InChI is InChI=1S/C16H27NO/c1-4-6-11-17-14(3)15-9-8-10-16(13-15)18-12-7-5-2/h8-10,13-14,17H,4-7,11-12H2,1-3H3. The smallest absolute Gasteiger partial charge is 0.119 e. The number of benzene rings is 1. The minimum atomic E-state index is 0.395. The highest BCUT2D eigenvalue weighted by Crippen LogP contribution is 2.19. The summed E-state index contributed by atoms with van der Waals surface area (Å²) >= 11 is 0. The lowest BCUT2D eigenvalue weighted by atomic mass is 10.1. The monoisotopic (exact) mass is 249 g/mol. The fourth-order valence-electron chi connectivity index (χ4n) is 1.82. The summed E-state index contributed by atoms with van der Waals surface area (Å²) in [6.45, 7) is 8.51. The first-order valence-corrected chi connectivity index (χ1v) is 7.24. The van der Waals surface area contributed by atoms with Crippen LogP contribution in [0.4, 0.5) is 0 Å². The molecule has 1 rings (SSSR count). The van der Waals surface area contributed by atoms with Crippen molar-refractivity contribution >= 4 is 0 Å². The Morgan fingerprint density at radius 1 is 1.17 bits per heavy atom. The lowest BCUT2D eigenvalue weighted by Crippen LogP contribution is -2.19. The third kappa shape index (κ3) is 5.54. The molecular formula is C16H27NO. The molecule has 1 atom stereocenters. The van der Waals surface area contributed by atoms with E-state index in [1.807, 2.05) is 6.07 Å². The van der Waals surface area contributed by atoms with E-state index >= 15 is 0 Å². The second kappa shape index (κ2) is 8.98. The molecule has 0 bridgehead atoms. The molecule has 0 saturated heterocycles. The molecule has 0 amide bonds. The third-order valence-electron chi connectivity index (χ3n) is 3.11. The van der Waals surface area contributed by atoms with E-state index in [4.69, 9.17) is 4.74 Å². The van der Waals surface area contributed by atoms with E-state index in [1.165, 1.54) is 24.8 Å². The van der Waals surface area contributed by atoms with Crippen molar-refractivity contribution in [2.45, 2.75) is 52.5 Å². The Morgan fingerprint density at radius 3 is 2.67 bits per heavy atom. The molecule has 1 unspecified atom stereocenters. The lowest BCUT2D eigenvalue weighted by molar-refractivity contribution is 0.309. The van der Waals surface area contributed by atoms with Crippen molar-refractivity contribution in [3.8, 4) is 5.75 Å². The van der Waals surface area contributed by atoms with Gasteiger partial charge in [-0.1, -0.05) is 38.8 Å². The molecule has 0 aliphatic carbocycles. The number of nitrogens with one attached hydrogen (secondary N) is 1. The topological polar surface area (TPSA) is 21.3 Å². The number of hydrogen-bond donors (Lipinski definition) is 1. The summed E-state index contributed by atoms with van der Waals surface area (Å²) in [6.07, 6.45) is 4.76. The molecule has 2 nitrogen and oxygen atoms in total. The van der Waals surface area contributed by atoms with Gasteiger partial charge in [0.2, 0.25) is 0 Å². The Kier molecular flexibility index (Phi) is 7.51. The zero-order valence-electron chi connectivity index (χ0n) is 12.0. The summed E-state index contributed by atoms with van der Waals surface area (Å²) in [6, 6.07) is 8.83. The van der Waals surface area contributed by atoms with Crippen LogP contribution in [0.1, 0.15) is 58.1 Å². The summed E-state index contributed by atoms with van der Waals surface area (Å²) in [5.74, 6) is 0.991. The summed E-state index contributed by atoms with van der Waals surface area (Å²) in [7, 11) is 0. The van der Waals surface area contributed by atoms with Crippen LogP contribution < -0.4 is 10.1 Å². The van der Waals surface area contributed by atoms with Crippen molar-refractivity contribution in [3.05, 3.63) is 29.8 Å². The Hall–Kier alpha value is -1.02. The highest BCUT2D eigenvalue weighted by atomic mass is 16.5. The van der Waals surface area contributed by atoms with Gasteiger partial charge in [-0.15, -0.1) is 0 Å². The van der Waals surface area contributed by atoms with Gasteiger partial charge in [0.05, 0.1) is 6.61 Å². The van der Waals surface area contributed by atoms with Gasteiger partial charge in [0.25, 0.3) is 0 Å². The zero-order chi connectivity index (χ0) is 13.2. The maximum absolute atomic E-state index is 5.74. The van der Waals surface area contributed by atoms with Gasteiger partial charge in [0, 0.05) is 6.04 Å². The molecule has 102 valence electrons. The van der Waals surface area contributed by atoms with Gasteiger partial charge in [0.1, 0.15) is 5.75 Å². The lowest BCUT2D eigenvalue weighted by Gasteiger charge is -2.15. The maximum atomic E-state index is 5.74. The Balaban J connectivity index is 2.47. The third-order valence-corrected chi connectivity index (χ3v) is 3.11. The van der Waals surface area contributed by atoms with Crippen molar-refractivity contribution < 1.29 is 4.74 Å². The molecule has 0 aromatic heterocycles. The summed E-state index contributed by atoms with van der Waals surface area (Å²) < 4.78 is 5.74. The predicted octanol–water partition coefficient (Wildman–Crippen LogP) is 4.32. The van der Waals surface area contributed by atoms with E-state index < -0.39 is 0 Å². The predicted molar refractivity (Wildman–Crippen MR) is 78.2 cm³/mol. The molecule has 1 aromatic carbocycles.